The molecule has 0 spiro atoms. The average molecular weight is 302 g/mol. The van der Waals surface area contributed by atoms with Gasteiger partial charge in [-0.1, -0.05) is 0 Å². The Morgan fingerprint density at radius 1 is 1.58 bits per heavy atom. The minimum absolute atomic E-state index is 0.0855. The number of ether oxygens (including phenoxy) is 1. The number of nitrogen functional groups attached to an aromatic ring is 1. The van der Waals surface area contributed by atoms with Crippen LogP contribution < -0.4 is 11.1 Å². The summed E-state index contributed by atoms with van der Waals surface area (Å²) in [6.07, 6.45) is 1.94. The molecule has 2 heterocycles. The van der Waals surface area contributed by atoms with Crippen LogP contribution in [0.25, 0.3) is 0 Å². The predicted octanol–water partition coefficient (Wildman–Crippen LogP) is 1.11. The van der Waals surface area contributed by atoms with Crippen molar-refractivity contribution in [2.75, 3.05) is 43.6 Å². The van der Waals surface area contributed by atoms with Gasteiger partial charge < -0.3 is 20.7 Å². The second-order valence-electron chi connectivity index (χ2n) is 4.23. The maximum atomic E-state index is 12.3. The second-order valence-corrected chi connectivity index (χ2v) is 5.82. The molecule has 2 rings (SSSR count). The molecule has 0 radical (unpaired) electrons. The number of amides is 1. The van der Waals surface area contributed by atoms with E-state index in [0.29, 0.717) is 32.1 Å². The smallest absolute Gasteiger partial charge is 0.244 e. The molecule has 1 saturated heterocycles. The number of nitrogens with zero attached hydrogens (tertiary/aromatic N) is 2. The van der Waals surface area contributed by atoms with Crippen LogP contribution in [0.2, 0.25) is 0 Å². The maximum Gasteiger partial charge on any atom is 0.244 e. The van der Waals surface area contributed by atoms with Crippen molar-refractivity contribution in [2.45, 2.75) is 17.9 Å². The van der Waals surface area contributed by atoms with E-state index in [0.717, 1.165) is 9.90 Å². The molecule has 1 unspecified atom stereocenters. The van der Waals surface area contributed by atoms with Gasteiger partial charge in [0.2, 0.25) is 5.91 Å². The molecule has 6 nitrogen and oxygen atoms in total. The summed E-state index contributed by atoms with van der Waals surface area (Å²) in [6, 6.07) is -0.288. The third kappa shape index (κ3) is 3.31. The van der Waals surface area contributed by atoms with Crippen LogP contribution in [0.1, 0.15) is 6.92 Å². The summed E-state index contributed by atoms with van der Waals surface area (Å²) in [4.78, 5) is 15.0. The van der Waals surface area contributed by atoms with Gasteiger partial charge in [0.05, 0.1) is 18.1 Å². The lowest BCUT2D eigenvalue weighted by Crippen LogP contribution is -2.46. The van der Waals surface area contributed by atoms with E-state index < -0.39 is 0 Å². The molecule has 1 atom stereocenters. The number of morpholine rings is 1. The number of carbonyl (C=O) groups is 1. The van der Waals surface area contributed by atoms with E-state index in [1.54, 1.807) is 0 Å². The van der Waals surface area contributed by atoms with Crippen molar-refractivity contribution in [3.63, 3.8) is 0 Å². The van der Waals surface area contributed by atoms with E-state index >= 15 is 0 Å². The van der Waals surface area contributed by atoms with Crippen LogP contribution in [-0.2, 0) is 9.53 Å². The highest BCUT2D eigenvalue weighted by atomic mass is 32.2. The van der Waals surface area contributed by atoms with Crippen molar-refractivity contribution in [1.29, 1.82) is 0 Å². The van der Waals surface area contributed by atoms with Crippen molar-refractivity contribution >= 4 is 40.0 Å². The first-order valence-electron chi connectivity index (χ1n) is 6.05. The number of hydrogen-bond acceptors (Lipinski definition) is 7. The Morgan fingerprint density at radius 3 is 2.89 bits per heavy atom. The highest BCUT2D eigenvalue weighted by Crippen LogP contribution is 2.35. The summed E-state index contributed by atoms with van der Waals surface area (Å²) in [5.41, 5.74) is 5.77. The van der Waals surface area contributed by atoms with E-state index in [4.69, 9.17) is 10.5 Å². The Labute approximate surface area is 120 Å². The van der Waals surface area contributed by atoms with Crippen LogP contribution >= 0.6 is 23.3 Å². The van der Waals surface area contributed by atoms with Gasteiger partial charge in [-0.3, -0.25) is 4.79 Å². The Bertz CT molecular complexity index is 446. The first-order chi connectivity index (χ1) is 9.13. The van der Waals surface area contributed by atoms with Crippen LogP contribution in [0.3, 0.4) is 0 Å². The Hall–Kier alpha value is -0.990. The topological polar surface area (TPSA) is 80.5 Å². The number of thioether (sulfide) groups is 1. The van der Waals surface area contributed by atoms with Crippen molar-refractivity contribution in [2.24, 2.45) is 0 Å². The van der Waals surface area contributed by atoms with Crippen LogP contribution in [0.15, 0.2) is 4.90 Å². The fraction of sp³-hybridized carbons (Fsp3) is 0.636. The fourth-order valence-corrected chi connectivity index (χ4v) is 3.52. The van der Waals surface area contributed by atoms with E-state index in [1.165, 1.54) is 23.3 Å². The van der Waals surface area contributed by atoms with E-state index in [2.05, 4.69) is 9.69 Å². The third-order valence-corrected chi connectivity index (χ3v) is 4.66. The molecule has 1 aliphatic heterocycles. The van der Waals surface area contributed by atoms with E-state index in [9.17, 15) is 4.79 Å². The van der Waals surface area contributed by atoms with Gasteiger partial charge in [-0.15, -0.1) is 11.8 Å². The Morgan fingerprint density at radius 2 is 2.26 bits per heavy atom. The molecule has 1 fully saturated rings. The zero-order chi connectivity index (χ0) is 13.8. The van der Waals surface area contributed by atoms with E-state index in [-0.39, 0.29) is 11.9 Å². The van der Waals surface area contributed by atoms with Crippen LogP contribution in [-0.4, -0.2) is 53.8 Å². The fourth-order valence-electron chi connectivity index (χ4n) is 1.90. The molecule has 106 valence electrons. The number of anilines is 2. The van der Waals surface area contributed by atoms with Gasteiger partial charge in [-0.2, -0.15) is 4.37 Å². The van der Waals surface area contributed by atoms with E-state index in [1.807, 2.05) is 18.1 Å². The standard InChI is InChI=1S/C11H18N4O2S2/c1-7(11(16)15-3-5-17-6-4-15)13-10-8(18-2)9(12)14-19-10/h7,13H,3-6H2,1-2H3,(H2,12,14). The zero-order valence-corrected chi connectivity index (χ0v) is 12.6. The van der Waals surface area contributed by atoms with Crippen molar-refractivity contribution in [1.82, 2.24) is 9.27 Å². The lowest BCUT2D eigenvalue weighted by Gasteiger charge is -2.29. The monoisotopic (exact) mass is 302 g/mol. The van der Waals surface area contributed by atoms with Gasteiger partial charge in [-0.25, -0.2) is 0 Å². The minimum atomic E-state index is -0.288. The van der Waals surface area contributed by atoms with Gasteiger partial charge in [0.15, 0.2) is 5.82 Å². The lowest BCUT2D eigenvalue weighted by atomic mass is 10.2. The third-order valence-electron chi connectivity index (χ3n) is 2.92. The molecule has 1 aliphatic rings. The largest absolute Gasteiger partial charge is 0.382 e. The number of rotatable bonds is 4. The maximum absolute atomic E-state index is 12.3. The molecule has 0 aromatic carbocycles. The summed E-state index contributed by atoms with van der Waals surface area (Å²) >= 11 is 2.82. The molecule has 1 amide bonds. The number of nitrogens with one attached hydrogen (secondary N) is 1. The second kappa shape index (κ2) is 6.44. The molecule has 8 heteroatoms. The summed E-state index contributed by atoms with van der Waals surface area (Å²) in [5, 5.41) is 4.06. The van der Waals surface area contributed by atoms with Crippen LogP contribution in [0, 0.1) is 0 Å². The van der Waals surface area contributed by atoms with Gasteiger partial charge in [0, 0.05) is 13.1 Å². The van der Waals surface area contributed by atoms with Gasteiger partial charge in [0.1, 0.15) is 11.0 Å². The van der Waals surface area contributed by atoms with Crippen molar-refractivity contribution < 1.29 is 9.53 Å². The lowest BCUT2D eigenvalue weighted by molar-refractivity contribution is -0.135. The Kier molecular flexibility index (Phi) is 4.89. The molecule has 19 heavy (non-hydrogen) atoms. The van der Waals surface area contributed by atoms with Gasteiger partial charge >= 0.3 is 0 Å². The van der Waals surface area contributed by atoms with Crippen LogP contribution in [0.4, 0.5) is 10.8 Å². The summed E-state index contributed by atoms with van der Waals surface area (Å²) < 4.78 is 9.35. The first kappa shape index (κ1) is 14.4. The normalized spacial score (nSPS) is 17.3. The first-order valence-corrected chi connectivity index (χ1v) is 8.05. The number of hydrogen-bond donors (Lipinski definition) is 2. The molecule has 0 aliphatic carbocycles. The highest BCUT2D eigenvalue weighted by molar-refractivity contribution is 7.99. The van der Waals surface area contributed by atoms with Gasteiger partial charge in [0.25, 0.3) is 0 Å². The average Bonchev–Trinajstić information content (AvgIpc) is 2.79. The molecular weight excluding hydrogens is 284 g/mol. The Balaban J connectivity index is 1.99. The zero-order valence-electron chi connectivity index (χ0n) is 11.0. The molecule has 0 saturated carbocycles. The summed E-state index contributed by atoms with van der Waals surface area (Å²) in [6.45, 7) is 4.40. The molecule has 0 bridgehead atoms. The van der Waals surface area contributed by atoms with Gasteiger partial charge in [-0.05, 0) is 24.7 Å². The van der Waals surface area contributed by atoms with Crippen molar-refractivity contribution in [3.05, 3.63) is 0 Å². The van der Waals surface area contributed by atoms with Crippen LogP contribution in [0.5, 0.6) is 0 Å². The predicted molar refractivity (Wildman–Crippen MR) is 78.8 cm³/mol. The molecular formula is C11H18N4O2S2. The molecule has 1 aromatic heterocycles. The number of aromatic nitrogens is 1. The highest BCUT2D eigenvalue weighted by Gasteiger charge is 2.23. The molecule has 3 N–H and O–H groups in total. The quantitative estimate of drug-likeness (QED) is 0.811. The number of carbonyl (C=O) groups excluding carboxylic acids is 1. The number of nitrogens with two attached hydrogens (primary N) is 1. The SMILES string of the molecule is CSc1c(N)nsc1NC(C)C(=O)N1CCOCC1. The summed E-state index contributed by atoms with van der Waals surface area (Å²) in [7, 11) is 0. The molecule has 1 aromatic rings. The minimum Gasteiger partial charge on any atom is -0.382 e. The van der Waals surface area contributed by atoms with Crippen molar-refractivity contribution in [3.8, 4) is 0 Å². The summed E-state index contributed by atoms with van der Waals surface area (Å²) in [5.74, 6) is 0.605.